The van der Waals surface area contributed by atoms with Crippen LogP contribution in [0, 0.1) is 13.8 Å². The van der Waals surface area contributed by atoms with Gasteiger partial charge in [-0.05, 0) is 67.3 Å². The number of alkyl halides is 2. The summed E-state index contributed by atoms with van der Waals surface area (Å²) in [7, 11) is -1.40. The summed E-state index contributed by atoms with van der Waals surface area (Å²) in [6.07, 6.45) is -0.581. The number of ether oxygens (including phenoxy) is 2. The van der Waals surface area contributed by atoms with Crippen molar-refractivity contribution in [3.8, 4) is 5.75 Å². The molecule has 47 heavy (non-hydrogen) atoms. The maximum atomic E-state index is 14.6. The van der Waals surface area contributed by atoms with Gasteiger partial charge in [-0.1, -0.05) is 29.8 Å². The normalized spacial score (nSPS) is 17.3. The van der Waals surface area contributed by atoms with Crippen LogP contribution in [0.25, 0.3) is 10.9 Å². The van der Waals surface area contributed by atoms with E-state index in [2.05, 4.69) is 4.99 Å². The summed E-state index contributed by atoms with van der Waals surface area (Å²) in [4.78, 5) is 31.1. The lowest BCUT2D eigenvalue weighted by Crippen LogP contribution is -2.44. The quantitative estimate of drug-likeness (QED) is 0.256. The Labute approximate surface area is 271 Å². The largest absolute Gasteiger partial charge is 0.860 e. The first-order chi connectivity index (χ1) is 22.3. The molecule has 1 unspecified atom stereocenters. The fourth-order valence-corrected chi connectivity index (χ4v) is 7.15. The number of benzene rings is 3. The molecule has 4 aromatic rings. The standard InChI is InChI=1S/C34H35F2N3O7S/c1-21-5-11-25(12-6-21)47(43,44)39-18-14-26-27(28(45-3)19-22(2)30(26)39)20-38-29(40)13-15-34(35,36)16-17-37-32(41)31(38)23-7-9-24(10-8-23)33(42)46-4/h5-12,14,18-19,31H,13,15-17,20H2,1-4H3,(H,37,41)/p-1. The molecule has 10 nitrogen and oxygen atoms in total. The minimum atomic E-state index is -4.05. The van der Waals surface area contributed by atoms with Crippen LogP contribution < -0.4 is 9.84 Å². The second-order valence-corrected chi connectivity index (χ2v) is 13.2. The number of nitrogens with zero attached hydrogens (tertiary/aromatic N) is 3. The smallest absolute Gasteiger partial charge is 0.337 e. The minimum absolute atomic E-state index is 0.0761. The number of aliphatic imine (C=N–C) groups is 1. The molecule has 13 heteroatoms. The Morgan fingerprint density at radius 1 is 1.04 bits per heavy atom. The molecule has 2 heterocycles. The van der Waals surface area contributed by atoms with Crippen molar-refractivity contribution >= 4 is 38.7 Å². The van der Waals surface area contributed by atoms with Gasteiger partial charge in [0.1, 0.15) is 5.75 Å². The van der Waals surface area contributed by atoms with Gasteiger partial charge in [-0.25, -0.2) is 26.0 Å². The number of carbonyl (C=O) groups is 2. The number of amides is 1. The molecule has 0 fully saturated rings. The van der Waals surface area contributed by atoms with Crippen LogP contribution in [0.3, 0.4) is 0 Å². The SMILES string of the molecule is COC(=O)c1ccc(C2C([O-])=NCCC(F)(F)CCC(=O)N2Cc2c(OC)cc(C)c3c2ccn3S(=O)(=O)c2ccc(C)cc2)cc1. The van der Waals surface area contributed by atoms with Gasteiger partial charge in [0.2, 0.25) is 11.8 Å². The lowest BCUT2D eigenvalue weighted by atomic mass is 9.98. The first-order valence-corrected chi connectivity index (χ1v) is 16.3. The van der Waals surface area contributed by atoms with E-state index in [1.54, 1.807) is 31.2 Å². The maximum absolute atomic E-state index is 14.6. The van der Waals surface area contributed by atoms with Gasteiger partial charge in [0.05, 0.1) is 42.8 Å². The molecule has 1 aromatic heterocycles. The van der Waals surface area contributed by atoms with Crippen molar-refractivity contribution in [2.75, 3.05) is 20.8 Å². The highest BCUT2D eigenvalue weighted by Crippen LogP contribution is 2.37. The molecule has 0 aliphatic carbocycles. The number of rotatable bonds is 7. The van der Waals surface area contributed by atoms with Gasteiger partial charge in [-0.2, -0.15) is 0 Å². The zero-order valence-corrected chi connectivity index (χ0v) is 27.1. The summed E-state index contributed by atoms with van der Waals surface area (Å²) >= 11 is 0. The van der Waals surface area contributed by atoms with Gasteiger partial charge in [-0.15, -0.1) is 0 Å². The van der Waals surface area contributed by atoms with E-state index >= 15 is 0 Å². The van der Waals surface area contributed by atoms with Crippen molar-refractivity contribution in [1.82, 2.24) is 8.87 Å². The van der Waals surface area contributed by atoms with Crippen LogP contribution in [0.2, 0.25) is 0 Å². The Morgan fingerprint density at radius 2 is 1.72 bits per heavy atom. The lowest BCUT2D eigenvalue weighted by Gasteiger charge is -2.37. The van der Waals surface area contributed by atoms with Crippen LogP contribution in [-0.4, -0.2) is 61.8 Å². The molecule has 1 aliphatic rings. The second kappa shape index (κ2) is 13.1. The van der Waals surface area contributed by atoms with E-state index in [9.17, 15) is 31.9 Å². The first kappa shape index (κ1) is 33.6. The zero-order valence-electron chi connectivity index (χ0n) is 26.3. The van der Waals surface area contributed by atoms with Gasteiger partial charge >= 0.3 is 5.97 Å². The molecular formula is C34H34F2N3O7S-. The maximum Gasteiger partial charge on any atom is 0.337 e. The average Bonchev–Trinajstić information content (AvgIpc) is 3.51. The Kier molecular flexibility index (Phi) is 9.39. The predicted molar refractivity (Wildman–Crippen MR) is 169 cm³/mol. The van der Waals surface area contributed by atoms with Crippen LogP contribution in [0.4, 0.5) is 8.78 Å². The van der Waals surface area contributed by atoms with Crippen LogP contribution in [0.1, 0.15) is 57.9 Å². The lowest BCUT2D eigenvalue weighted by molar-refractivity contribution is -0.226. The number of aromatic nitrogens is 1. The predicted octanol–water partition coefficient (Wildman–Crippen LogP) is 4.94. The summed E-state index contributed by atoms with van der Waals surface area (Å²) in [6.45, 7) is 2.83. The molecular weight excluding hydrogens is 632 g/mol. The van der Waals surface area contributed by atoms with E-state index in [4.69, 9.17) is 9.47 Å². The minimum Gasteiger partial charge on any atom is -0.860 e. The molecule has 0 saturated heterocycles. The molecule has 5 rings (SSSR count). The number of fused-ring (bicyclic) bond motifs is 1. The zero-order chi connectivity index (χ0) is 34.1. The number of hydrogen-bond donors (Lipinski definition) is 0. The summed E-state index contributed by atoms with van der Waals surface area (Å²) in [6, 6.07) is 14.1. The molecule has 1 aliphatic heterocycles. The number of halogens is 2. The van der Waals surface area contributed by atoms with Gasteiger partial charge in [0.15, 0.2) is 0 Å². The van der Waals surface area contributed by atoms with E-state index in [-0.39, 0.29) is 17.0 Å². The molecule has 3 aromatic carbocycles. The van der Waals surface area contributed by atoms with Crippen molar-refractivity contribution in [3.63, 3.8) is 0 Å². The molecule has 1 amide bonds. The number of hydrogen-bond acceptors (Lipinski definition) is 8. The van der Waals surface area contributed by atoms with Crippen molar-refractivity contribution in [1.29, 1.82) is 0 Å². The number of carbonyl (C=O) groups excluding carboxylic acids is 2. The molecule has 0 radical (unpaired) electrons. The Bertz CT molecular complexity index is 1950. The number of methoxy groups -OCH3 is 2. The van der Waals surface area contributed by atoms with Crippen LogP contribution in [-0.2, 0) is 26.1 Å². The monoisotopic (exact) mass is 666 g/mol. The van der Waals surface area contributed by atoms with Gasteiger partial charge in [-0.3, -0.25) is 4.79 Å². The van der Waals surface area contributed by atoms with Crippen LogP contribution in [0.15, 0.2) is 76.7 Å². The summed E-state index contributed by atoms with van der Waals surface area (Å²) in [5.74, 6) is -5.06. The van der Waals surface area contributed by atoms with E-state index in [0.717, 1.165) is 9.54 Å². The Balaban J connectivity index is 1.68. The molecule has 0 saturated carbocycles. The third-order valence-corrected chi connectivity index (χ3v) is 9.98. The first-order valence-electron chi connectivity index (χ1n) is 14.8. The molecule has 0 spiro atoms. The van der Waals surface area contributed by atoms with Crippen LogP contribution >= 0.6 is 0 Å². The fourth-order valence-electron chi connectivity index (χ4n) is 5.74. The van der Waals surface area contributed by atoms with Gasteiger partial charge in [0.25, 0.3) is 10.0 Å². The van der Waals surface area contributed by atoms with E-state index in [0.29, 0.717) is 33.3 Å². The Hall–Kier alpha value is -4.78. The number of aryl methyl sites for hydroxylation is 2. The highest BCUT2D eigenvalue weighted by Gasteiger charge is 2.35. The van der Waals surface area contributed by atoms with Crippen LogP contribution in [0.5, 0.6) is 5.75 Å². The molecule has 248 valence electrons. The average molecular weight is 667 g/mol. The van der Waals surface area contributed by atoms with Gasteiger partial charge < -0.3 is 24.5 Å². The third-order valence-electron chi connectivity index (χ3n) is 8.29. The molecule has 0 bridgehead atoms. The van der Waals surface area contributed by atoms with E-state index in [1.807, 2.05) is 6.92 Å². The highest BCUT2D eigenvalue weighted by molar-refractivity contribution is 7.90. The van der Waals surface area contributed by atoms with Gasteiger partial charge in [0, 0.05) is 43.0 Å². The summed E-state index contributed by atoms with van der Waals surface area (Å²) < 4.78 is 68.3. The van der Waals surface area contributed by atoms with Crippen molar-refractivity contribution in [2.24, 2.45) is 4.99 Å². The highest BCUT2D eigenvalue weighted by atomic mass is 32.2. The van der Waals surface area contributed by atoms with Crippen molar-refractivity contribution < 1.29 is 41.4 Å². The van der Waals surface area contributed by atoms with Crippen molar-refractivity contribution in [3.05, 3.63) is 94.7 Å². The molecule has 0 N–H and O–H groups in total. The van der Waals surface area contributed by atoms with E-state index in [1.165, 1.54) is 61.7 Å². The molecule has 1 atom stereocenters. The van der Waals surface area contributed by atoms with Crippen molar-refractivity contribution in [2.45, 2.75) is 56.5 Å². The number of esters is 1. The fraction of sp³-hybridized carbons (Fsp3) is 0.324. The summed E-state index contributed by atoms with van der Waals surface area (Å²) in [5.41, 5.74) is 2.66. The Morgan fingerprint density at radius 3 is 2.36 bits per heavy atom. The topological polar surface area (TPSA) is 130 Å². The van der Waals surface area contributed by atoms with E-state index < -0.39 is 65.6 Å². The second-order valence-electron chi connectivity index (χ2n) is 11.4. The third kappa shape index (κ3) is 6.71. The summed E-state index contributed by atoms with van der Waals surface area (Å²) in [5, 5.41) is 14.1.